The number of nitriles is 1. The molecule has 1 heterocycles. The number of nitrogens with one attached hydrogen (secondary N) is 1. The van der Waals surface area contributed by atoms with Gasteiger partial charge in [-0.05, 0) is 18.2 Å². The SMILES string of the molecule is N#Cc1ccc(N2CCNCC2C(N)=O)c(Cl)c1. The van der Waals surface area contributed by atoms with Crippen LogP contribution in [0.25, 0.3) is 0 Å². The molecule has 0 aromatic heterocycles. The lowest BCUT2D eigenvalue weighted by atomic mass is 10.1. The minimum atomic E-state index is -0.413. The Balaban J connectivity index is 2.34. The number of carbonyl (C=O) groups is 1. The van der Waals surface area contributed by atoms with E-state index in [1.54, 1.807) is 18.2 Å². The Morgan fingerprint density at radius 1 is 1.61 bits per heavy atom. The molecule has 2 rings (SSSR count). The first kappa shape index (κ1) is 12.7. The largest absolute Gasteiger partial charge is 0.368 e. The standard InChI is InChI=1S/C12H13ClN4O/c13-9-5-8(6-14)1-2-10(9)17-4-3-16-7-11(17)12(15)18/h1-2,5,11,16H,3-4,7H2,(H2,15,18). The summed E-state index contributed by atoms with van der Waals surface area (Å²) in [6.07, 6.45) is 0. The Hall–Kier alpha value is -1.77. The molecule has 1 fully saturated rings. The van der Waals surface area contributed by atoms with Crippen LogP contribution in [0, 0.1) is 11.3 Å². The fourth-order valence-electron chi connectivity index (χ4n) is 2.06. The van der Waals surface area contributed by atoms with Crippen molar-refractivity contribution in [3.05, 3.63) is 28.8 Å². The van der Waals surface area contributed by atoms with E-state index in [0.717, 1.165) is 12.2 Å². The van der Waals surface area contributed by atoms with Crippen LogP contribution in [0.5, 0.6) is 0 Å². The molecule has 1 aliphatic rings. The number of hydrogen-bond acceptors (Lipinski definition) is 4. The number of carbonyl (C=O) groups excluding carboxylic acids is 1. The highest BCUT2D eigenvalue weighted by Crippen LogP contribution is 2.28. The minimum Gasteiger partial charge on any atom is -0.368 e. The third-order valence-electron chi connectivity index (χ3n) is 2.96. The molecule has 0 aliphatic carbocycles. The van der Waals surface area contributed by atoms with E-state index in [0.29, 0.717) is 23.7 Å². The highest BCUT2D eigenvalue weighted by atomic mass is 35.5. The number of rotatable bonds is 2. The Bertz CT molecular complexity index is 511. The van der Waals surface area contributed by atoms with E-state index in [1.807, 2.05) is 11.0 Å². The number of primary amides is 1. The van der Waals surface area contributed by atoms with Crippen LogP contribution in [0.1, 0.15) is 5.56 Å². The molecular formula is C12H13ClN4O. The van der Waals surface area contributed by atoms with Crippen LogP contribution in [-0.2, 0) is 4.79 Å². The molecule has 1 atom stereocenters. The summed E-state index contributed by atoms with van der Waals surface area (Å²) in [5.41, 5.74) is 6.62. The maximum absolute atomic E-state index is 11.4. The summed E-state index contributed by atoms with van der Waals surface area (Å²) in [5, 5.41) is 12.4. The number of amides is 1. The number of halogens is 1. The third kappa shape index (κ3) is 2.40. The van der Waals surface area contributed by atoms with Crippen molar-refractivity contribution in [3.63, 3.8) is 0 Å². The number of anilines is 1. The molecule has 0 radical (unpaired) electrons. The van der Waals surface area contributed by atoms with Gasteiger partial charge in [0.2, 0.25) is 5.91 Å². The quantitative estimate of drug-likeness (QED) is 0.814. The van der Waals surface area contributed by atoms with Crippen molar-refractivity contribution in [1.29, 1.82) is 5.26 Å². The summed E-state index contributed by atoms with van der Waals surface area (Å²) >= 11 is 6.15. The summed E-state index contributed by atoms with van der Waals surface area (Å²) < 4.78 is 0. The van der Waals surface area contributed by atoms with Crippen molar-refractivity contribution in [2.45, 2.75) is 6.04 Å². The zero-order valence-electron chi connectivity index (χ0n) is 9.69. The number of nitrogens with two attached hydrogens (primary N) is 1. The number of nitrogens with zero attached hydrogens (tertiary/aromatic N) is 2. The fourth-order valence-corrected chi connectivity index (χ4v) is 2.35. The Morgan fingerprint density at radius 2 is 2.39 bits per heavy atom. The molecule has 0 bridgehead atoms. The zero-order chi connectivity index (χ0) is 13.1. The van der Waals surface area contributed by atoms with E-state index in [4.69, 9.17) is 22.6 Å². The monoisotopic (exact) mass is 264 g/mol. The van der Waals surface area contributed by atoms with E-state index in [1.165, 1.54) is 0 Å². The molecule has 3 N–H and O–H groups in total. The maximum atomic E-state index is 11.4. The molecule has 1 aromatic rings. The number of benzene rings is 1. The summed E-state index contributed by atoms with van der Waals surface area (Å²) in [6, 6.07) is 6.64. The Labute approximate surface area is 110 Å². The highest BCUT2D eigenvalue weighted by molar-refractivity contribution is 6.33. The van der Waals surface area contributed by atoms with Crippen LogP contribution < -0.4 is 16.0 Å². The molecular weight excluding hydrogens is 252 g/mol. The molecule has 1 unspecified atom stereocenters. The lowest BCUT2D eigenvalue weighted by Gasteiger charge is -2.36. The van der Waals surface area contributed by atoms with Gasteiger partial charge in [-0.25, -0.2) is 0 Å². The molecule has 18 heavy (non-hydrogen) atoms. The normalized spacial score (nSPS) is 19.3. The summed E-state index contributed by atoms with van der Waals surface area (Å²) in [6.45, 7) is 1.92. The van der Waals surface area contributed by atoms with Crippen molar-refractivity contribution in [2.24, 2.45) is 5.73 Å². The summed E-state index contributed by atoms with van der Waals surface area (Å²) in [4.78, 5) is 13.3. The third-order valence-corrected chi connectivity index (χ3v) is 3.26. The molecule has 94 valence electrons. The van der Waals surface area contributed by atoms with Gasteiger partial charge >= 0.3 is 0 Å². The summed E-state index contributed by atoms with van der Waals surface area (Å²) in [5.74, 6) is -0.386. The lowest BCUT2D eigenvalue weighted by Crippen LogP contribution is -2.57. The average Bonchev–Trinajstić information content (AvgIpc) is 2.38. The van der Waals surface area contributed by atoms with Gasteiger partial charge in [0.15, 0.2) is 0 Å². The molecule has 6 heteroatoms. The molecule has 0 spiro atoms. The Morgan fingerprint density at radius 3 is 3.00 bits per heavy atom. The predicted octanol–water partition coefficient (Wildman–Crippen LogP) is 0.475. The zero-order valence-corrected chi connectivity index (χ0v) is 10.4. The van der Waals surface area contributed by atoms with Crippen molar-refractivity contribution < 1.29 is 4.79 Å². The van der Waals surface area contributed by atoms with Crippen LogP contribution in [-0.4, -0.2) is 31.6 Å². The van der Waals surface area contributed by atoms with Gasteiger partial charge in [0.25, 0.3) is 0 Å². The van der Waals surface area contributed by atoms with Gasteiger partial charge in [-0.2, -0.15) is 5.26 Å². The highest BCUT2D eigenvalue weighted by Gasteiger charge is 2.28. The van der Waals surface area contributed by atoms with Gasteiger partial charge in [-0.1, -0.05) is 11.6 Å². The van der Waals surface area contributed by atoms with Crippen molar-refractivity contribution in [2.75, 3.05) is 24.5 Å². The van der Waals surface area contributed by atoms with Gasteiger partial charge in [0.05, 0.1) is 22.3 Å². The van der Waals surface area contributed by atoms with E-state index < -0.39 is 6.04 Å². The van der Waals surface area contributed by atoms with E-state index in [2.05, 4.69) is 5.32 Å². The average molecular weight is 265 g/mol. The topological polar surface area (TPSA) is 82.2 Å². The first-order valence-electron chi connectivity index (χ1n) is 5.60. The molecule has 1 aliphatic heterocycles. The van der Waals surface area contributed by atoms with Gasteiger partial charge < -0.3 is 16.0 Å². The molecule has 0 saturated carbocycles. The van der Waals surface area contributed by atoms with Gasteiger partial charge in [0.1, 0.15) is 6.04 Å². The second-order valence-electron chi connectivity index (χ2n) is 4.09. The van der Waals surface area contributed by atoms with Crippen molar-refractivity contribution in [1.82, 2.24) is 5.32 Å². The van der Waals surface area contributed by atoms with Gasteiger partial charge in [-0.3, -0.25) is 4.79 Å². The van der Waals surface area contributed by atoms with Crippen molar-refractivity contribution >= 4 is 23.2 Å². The van der Waals surface area contributed by atoms with Crippen molar-refractivity contribution in [3.8, 4) is 6.07 Å². The number of piperazine rings is 1. The van der Waals surface area contributed by atoms with E-state index >= 15 is 0 Å². The van der Waals surface area contributed by atoms with Crippen LogP contribution in [0.2, 0.25) is 5.02 Å². The van der Waals surface area contributed by atoms with Crippen LogP contribution in [0.4, 0.5) is 5.69 Å². The lowest BCUT2D eigenvalue weighted by molar-refractivity contribution is -0.119. The second-order valence-corrected chi connectivity index (χ2v) is 4.50. The first-order valence-corrected chi connectivity index (χ1v) is 5.97. The summed E-state index contributed by atoms with van der Waals surface area (Å²) in [7, 11) is 0. The first-order chi connectivity index (χ1) is 8.63. The fraction of sp³-hybridized carbons (Fsp3) is 0.333. The Kier molecular flexibility index (Phi) is 3.70. The minimum absolute atomic E-state index is 0.386. The molecule has 1 aromatic carbocycles. The molecule has 1 amide bonds. The van der Waals surface area contributed by atoms with Crippen LogP contribution in [0.15, 0.2) is 18.2 Å². The van der Waals surface area contributed by atoms with Crippen LogP contribution in [0.3, 0.4) is 0 Å². The smallest absolute Gasteiger partial charge is 0.241 e. The predicted molar refractivity (Wildman–Crippen MR) is 69.4 cm³/mol. The molecule has 1 saturated heterocycles. The van der Waals surface area contributed by atoms with Gasteiger partial charge in [-0.15, -0.1) is 0 Å². The van der Waals surface area contributed by atoms with E-state index in [9.17, 15) is 4.79 Å². The second kappa shape index (κ2) is 5.25. The maximum Gasteiger partial charge on any atom is 0.241 e. The molecule has 5 nitrogen and oxygen atoms in total. The number of hydrogen-bond donors (Lipinski definition) is 2. The van der Waals surface area contributed by atoms with Crippen LogP contribution >= 0.6 is 11.6 Å². The van der Waals surface area contributed by atoms with E-state index in [-0.39, 0.29) is 5.91 Å². The van der Waals surface area contributed by atoms with Gasteiger partial charge in [0, 0.05) is 19.6 Å².